The predicted octanol–water partition coefficient (Wildman–Crippen LogP) is 2.07. The Morgan fingerprint density at radius 1 is 1.20 bits per heavy atom. The predicted molar refractivity (Wildman–Crippen MR) is 59.9 cm³/mol. The van der Waals surface area contributed by atoms with Crippen molar-refractivity contribution < 1.29 is 9.47 Å². The van der Waals surface area contributed by atoms with E-state index in [1.165, 1.54) is 0 Å². The second-order valence-electron chi connectivity index (χ2n) is 3.94. The number of hydrogen-bond acceptors (Lipinski definition) is 3. The van der Waals surface area contributed by atoms with Crippen molar-refractivity contribution in [3.05, 3.63) is 24.3 Å². The quantitative estimate of drug-likeness (QED) is 0.772. The maximum Gasteiger partial charge on any atom is 0.119 e. The van der Waals surface area contributed by atoms with Crippen molar-refractivity contribution in [2.24, 2.45) is 5.92 Å². The highest BCUT2D eigenvalue weighted by Crippen LogP contribution is 2.18. The number of ether oxygens (including phenoxy) is 2. The van der Waals surface area contributed by atoms with E-state index in [1.54, 1.807) is 0 Å². The highest BCUT2D eigenvalue weighted by molar-refractivity contribution is 5.41. The van der Waals surface area contributed by atoms with Gasteiger partial charge in [0, 0.05) is 18.9 Å². The van der Waals surface area contributed by atoms with E-state index in [0.29, 0.717) is 5.92 Å². The molecule has 0 aromatic heterocycles. The van der Waals surface area contributed by atoms with Crippen LogP contribution in [0.15, 0.2) is 24.3 Å². The van der Waals surface area contributed by atoms with Crippen molar-refractivity contribution >= 4 is 5.69 Å². The number of nitrogens with two attached hydrogens (primary N) is 1. The van der Waals surface area contributed by atoms with Crippen LogP contribution >= 0.6 is 0 Å². The van der Waals surface area contributed by atoms with Crippen molar-refractivity contribution in [1.29, 1.82) is 0 Å². The smallest absolute Gasteiger partial charge is 0.119 e. The SMILES string of the molecule is Nc1ccc(OCC2CCOCC2)cc1. The Morgan fingerprint density at radius 3 is 2.53 bits per heavy atom. The van der Waals surface area contributed by atoms with E-state index in [1.807, 2.05) is 24.3 Å². The standard InChI is InChI=1S/C12H17NO2/c13-11-1-3-12(4-2-11)15-9-10-5-7-14-8-6-10/h1-4,10H,5-9,13H2. The van der Waals surface area contributed by atoms with E-state index in [-0.39, 0.29) is 0 Å². The Morgan fingerprint density at radius 2 is 1.87 bits per heavy atom. The second-order valence-corrected chi connectivity index (χ2v) is 3.94. The first-order valence-corrected chi connectivity index (χ1v) is 5.40. The Kier molecular flexibility index (Phi) is 3.45. The van der Waals surface area contributed by atoms with Crippen molar-refractivity contribution in [3.63, 3.8) is 0 Å². The molecule has 3 nitrogen and oxygen atoms in total. The normalized spacial score (nSPS) is 17.6. The van der Waals surface area contributed by atoms with Crippen LogP contribution in [0.5, 0.6) is 5.75 Å². The fourth-order valence-corrected chi connectivity index (χ4v) is 1.69. The van der Waals surface area contributed by atoms with Gasteiger partial charge in [-0.1, -0.05) is 0 Å². The first-order valence-electron chi connectivity index (χ1n) is 5.40. The van der Waals surface area contributed by atoms with Crippen LogP contribution in [0.4, 0.5) is 5.69 Å². The summed E-state index contributed by atoms with van der Waals surface area (Å²) in [4.78, 5) is 0. The Hall–Kier alpha value is -1.22. The minimum absolute atomic E-state index is 0.635. The van der Waals surface area contributed by atoms with Crippen molar-refractivity contribution in [1.82, 2.24) is 0 Å². The Labute approximate surface area is 90.2 Å². The monoisotopic (exact) mass is 207 g/mol. The summed E-state index contributed by atoms with van der Waals surface area (Å²) in [6.45, 7) is 2.53. The van der Waals surface area contributed by atoms with Crippen LogP contribution in [0.2, 0.25) is 0 Å². The lowest BCUT2D eigenvalue weighted by Gasteiger charge is -2.22. The number of hydrogen-bond donors (Lipinski definition) is 1. The van der Waals surface area contributed by atoms with Gasteiger partial charge in [-0.2, -0.15) is 0 Å². The molecule has 2 rings (SSSR count). The highest BCUT2D eigenvalue weighted by Gasteiger charge is 2.14. The van der Waals surface area contributed by atoms with Gasteiger partial charge >= 0.3 is 0 Å². The molecule has 0 saturated carbocycles. The summed E-state index contributed by atoms with van der Waals surface area (Å²) in [5.74, 6) is 1.53. The van der Waals surface area contributed by atoms with Crippen LogP contribution < -0.4 is 10.5 Å². The van der Waals surface area contributed by atoms with E-state index in [2.05, 4.69) is 0 Å². The summed E-state index contributed by atoms with van der Waals surface area (Å²) in [5.41, 5.74) is 6.37. The van der Waals surface area contributed by atoms with Gasteiger partial charge in [0.1, 0.15) is 5.75 Å². The molecule has 1 aliphatic rings. The van der Waals surface area contributed by atoms with Crippen molar-refractivity contribution in [2.45, 2.75) is 12.8 Å². The van der Waals surface area contributed by atoms with Gasteiger partial charge in [-0.05, 0) is 43.0 Å². The lowest BCUT2D eigenvalue weighted by molar-refractivity contribution is 0.0497. The molecular weight excluding hydrogens is 190 g/mol. The van der Waals surface area contributed by atoms with Crippen LogP contribution in [0.1, 0.15) is 12.8 Å². The number of rotatable bonds is 3. The van der Waals surface area contributed by atoms with Gasteiger partial charge in [0.15, 0.2) is 0 Å². The number of benzene rings is 1. The number of anilines is 1. The van der Waals surface area contributed by atoms with Gasteiger partial charge in [-0.25, -0.2) is 0 Å². The van der Waals surface area contributed by atoms with Gasteiger partial charge in [-0.3, -0.25) is 0 Å². The molecule has 1 saturated heterocycles. The fraction of sp³-hybridized carbons (Fsp3) is 0.500. The highest BCUT2D eigenvalue weighted by atomic mass is 16.5. The first kappa shape index (κ1) is 10.3. The molecule has 1 aliphatic heterocycles. The van der Waals surface area contributed by atoms with E-state index in [0.717, 1.165) is 44.1 Å². The largest absolute Gasteiger partial charge is 0.493 e. The third-order valence-electron chi connectivity index (χ3n) is 2.71. The molecule has 1 fully saturated rings. The zero-order chi connectivity index (χ0) is 10.5. The third kappa shape index (κ3) is 3.13. The van der Waals surface area contributed by atoms with Gasteiger partial charge in [0.25, 0.3) is 0 Å². The summed E-state index contributed by atoms with van der Waals surface area (Å²) in [5, 5.41) is 0. The zero-order valence-electron chi connectivity index (χ0n) is 8.82. The second kappa shape index (κ2) is 5.03. The van der Waals surface area contributed by atoms with Gasteiger partial charge in [-0.15, -0.1) is 0 Å². The average molecular weight is 207 g/mol. The average Bonchev–Trinajstić information content (AvgIpc) is 2.30. The van der Waals surface area contributed by atoms with E-state index < -0.39 is 0 Å². The van der Waals surface area contributed by atoms with E-state index in [9.17, 15) is 0 Å². The fourth-order valence-electron chi connectivity index (χ4n) is 1.69. The van der Waals surface area contributed by atoms with Crippen LogP contribution in [0.3, 0.4) is 0 Å². The molecule has 0 amide bonds. The summed E-state index contributed by atoms with van der Waals surface area (Å²) in [6.07, 6.45) is 2.21. The van der Waals surface area contributed by atoms with Gasteiger partial charge in [0.2, 0.25) is 0 Å². The molecule has 0 atom stereocenters. The summed E-state index contributed by atoms with van der Waals surface area (Å²) >= 11 is 0. The van der Waals surface area contributed by atoms with E-state index in [4.69, 9.17) is 15.2 Å². The van der Waals surface area contributed by atoms with E-state index >= 15 is 0 Å². The molecule has 0 spiro atoms. The molecule has 0 unspecified atom stereocenters. The first-order chi connectivity index (χ1) is 7.34. The summed E-state index contributed by atoms with van der Waals surface area (Å²) < 4.78 is 11.0. The summed E-state index contributed by atoms with van der Waals surface area (Å²) in [6, 6.07) is 7.54. The van der Waals surface area contributed by atoms with Crippen molar-refractivity contribution in [2.75, 3.05) is 25.6 Å². The third-order valence-corrected chi connectivity index (χ3v) is 2.71. The molecule has 1 aromatic rings. The minimum atomic E-state index is 0.635. The van der Waals surface area contributed by atoms with Crippen LogP contribution in [-0.2, 0) is 4.74 Å². The Balaban J connectivity index is 1.79. The van der Waals surface area contributed by atoms with Crippen LogP contribution in [-0.4, -0.2) is 19.8 Å². The summed E-state index contributed by atoms with van der Waals surface area (Å²) in [7, 11) is 0. The Bertz CT molecular complexity index is 291. The molecule has 1 aromatic carbocycles. The van der Waals surface area contributed by atoms with Crippen molar-refractivity contribution in [3.8, 4) is 5.75 Å². The molecule has 0 radical (unpaired) electrons. The molecule has 0 aliphatic carbocycles. The van der Waals surface area contributed by atoms with Crippen LogP contribution in [0.25, 0.3) is 0 Å². The van der Waals surface area contributed by atoms with Gasteiger partial charge in [0.05, 0.1) is 6.61 Å². The minimum Gasteiger partial charge on any atom is -0.493 e. The lowest BCUT2D eigenvalue weighted by atomic mass is 10.0. The molecule has 3 heteroatoms. The molecule has 1 heterocycles. The zero-order valence-corrected chi connectivity index (χ0v) is 8.82. The lowest BCUT2D eigenvalue weighted by Crippen LogP contribution is -2.21. The number of nitrogen functional groups attached to an aromatic ring is 1. The molecule has 0 bridgehead atoms. The van der Waals surface area contributed by atoms with Gasteiger partial charge < -0.3 is 15.2 Å². The molecular formula is C12H17NO2. The topological polar surface area (TPSA) is 44.5 Å². The maximum atomic E-state index is 5.69. The molecule has 15 heavy (non-hydrogen) atoms. The maximum absolute atomic E-state index is 5.69. The molecule has 2 N–H and O–H groups in total. The van der Waals surface area contributed by atoms with Crippen LogP contribution in [0, 0.1) is 5.92 Å². The molecule has 82 valence electrons.